The molecule has 0 aromatic heterocycles. The van der Waals surface area contributed by atoms with E-state index in [-0.39, 0.29) is 11.9 Å². The van der Waals surface area contributed by atoms with Crippen LogP contribution in [0.25, 0.3) is 0 Å². The van der Waals surface area contributed by atoms with Gasteiger partial charge in [-0.2, -0.15) is 0 Å². The highest BCUT2D eigenvalue weighted by Gasteiger charge is 2.21. The molecule has 0 unspecified atom stereocenters. The lowest BCUT2D eigenvalue weighted by molar-refractivity contribution is 0.0252. The fraction of sp³-hybridized carbons (Fsp3) is 0.588. The summed E-state index contributed by atoms with van der Waals surface area (Å²) >= 11 is 3.33. The van der Waals surface area contributed by atoms with Gasteiger partial charge >= 0.3 is 6.09 Å². The zero-order chi connectivity index (χ0) is 17.5. The van der Waals surface area contributed by atoms with Crippen LogP contribution in [0, 0.1) is 5.82 Å². The van der Waals surface area contributed by atoms with Crippen molar-refractivity contribution in [2.75, 3.05) is 19.6 Å². The normalized spacial score (nSPS) is 11.4. The highest BCUT2D eigenvalue weighted by molar-refractivity contribution is 9.10. The molecule has 0 saturated heterocycles. The van der Waals surface area contributed by atoms with Crippen molar-refractivity contribution in [3.8, 4) is 0 Å². The van der Waals surface area contributed by atoms with E-state index < -0.39 is 5.60 Å². The first-order valence-corrected chi connectivity index (χ1v) is 8.65. The van der Waals surface area contributed by atoms with Crippen LogP contribution in [0.15, 0.2) is 22.7 Å². The highest BCUT2D eigenvalue weighted by Crippen LogP contribution is 2.15. The van der Waals surface area contributed by atoms with E-state index in [1.807, 2.05) is 27.7 Å². The van der Waals surface area contributed by atoms with Crippen molar-refractivity contribution in [1.82, 2.24) is 10.2 Å². The zero-order valence-corrected chi connectivity index (χ0v) is 15.9. The summed E-state index contributed by atoms with van der Waals surface area (Å²) in [6.07, 6.45) is 0.550. The molecule has 1 aromatic carbocycles. The van der Waals surface area contributed by atoms with Crippen LogP contribution < -0.4 is 5.32 Å². The third kappa shape index (κ3) is 7.79. The van der Waals surface area contributed by atoms with Gasteiger partial charge in [-0.05, 0) is 45.4 Å². The summed E-state index contributed by atoms with van der Waals surface area (Å²) in [6.45, 7) is 9.72. The molecular formula is C17H26BrFN2O2. The summed E-state index contributed by atoms with van der Waals surface area (Å²) in [4.78, 5) is 13.8. The van der Waals surface area contributed by atoms with Gasteiger partial charge < -0.3 is 15.0 Å². The quantitative estimate of drug-likeness (QED) is 0.706. The summed E-state index contributed by atoms with van der Waals surface area (Å²) in [7, 11) is 0. The summed E-state index contributed by atoms with van der Waals surface area (Å²) in [5, 5.41) is 3.17. The number of carbonyl (C=O) groups is 1. The lowest BCUT2D eigenvalue weighted by Gasteiger charge is -2.27. The molecule has 0 heterocycles. The molecular weight excluding hydrogens is 363 g/mol. The van der Waals surface area contributed by atoms with Crippen molar-refractivity contribution in [2.45, 2.75) is 46.3 Å². The van der Waals surface area contributed by atoms with E-state index in [0.717, 1.165) is 10.9 Å². The average Bonchev–Trinajstić information content (AvgIpc) is 2.43. The second kappa shape index (κ2) is 9.23. The molecule has 0 fully saturated rings. The van der Waals surface area contributed by atoms with Crippen LogP contribution in [-0.2, 0) is 11.3 Å². The van der Waals surface area contributed by atoms with Crippen molar-refractivity contribution in [2.24, 2.45) is 0 Å². The maximum Gasteiger partial charge on any atom is 0.410 e. The van der Waals surface area contributed by atoms with Crippen LogP contribution in [0.4, 0.5) is 9.18 Å². The van der Waals surface area contributed by atoms with E-state index in [1.165, 1.54) is 6.07 Å². The molecule has 0 aliphatic rings. The molecule has 0 aliphatic heterocycles. The van der Waals surface area contributed by atoms with Crippen LogP contribution in [0.5, 0.6) is 0 Å². The number of benzene rings is 1. The highest BCUT2D eigenvalue weighted by atomic mass is 79.9. The Bertz CT molecular complexity index is 518. The van der Waals surface area contributed by atoms with Crippen molar-refractivity contribution in [3.05, 3.63) is 34.1 Å². The van der Waals surface area contributed by atoms with Gasteiger partial charge in [-0.3, -0.25) is 0 Å². The molecule has 0 radical (unpaired) electrons. The van der Waals surface area contributed by atoms with Crippen molar-refractivity contribution in [3.63, 3.8) is 0 Å². The Hall–Kier alpha value is -1.14. The van der Waals surface area contributed by atoms with Gasteiger partial charge in [0.15, 0.2) is 0 Å². The SMILES string of the molecule is CCCN(CCNCc1cc(Br)ccc1F)C(=O)OC(C)(C)C. The minimum atomic E-state index is -0.504. The fourth-order valence-corrected chi connectivity index (χ4v) is 2.42. The van der Waals surface area contributed by atoms with Crippen LogP contribution in [0.2, 0.25) is 0 Å². The molecule has 6 heteroatoms. The molecule has 1 amide bonds. The van der Waals surface area contributed by atoms with Gasteiger partial charge in [0.2, 0.25) is 0 Å². The first-order valence-electron chi connectivity index (χ1n) is 7.85. The molecule has 0 saturated carbocycles. The average molecular weight is 389 g/mol. The molecule has 0 spiro atoms. The van der Waals surface area contributed by atoms with E-state index in [2.05, 4.69) is 21.2 Å². The number of carbonyl (C=O) groups excluding carboxylic acids is 1. The van der Waals surface area contributed by atoms with Crippen LogP contribution in [-0.4, -0.2) is 36.2 Å². The predicted molar refractivity (Wildman–Crippen MR) is 93.9 cm³/mol. The Morgan fingerprint density at radius 1 is 1.35 bits per heavy atom. The molecule has 1 rings (SSSR count). The van der Waals surface area contributed by atoms with Crippen molar-refractivity contribution < 1.29 is 13.9 Å². The van der Waals surface area contributed by atoms with Crippen molar-refractivity contribution >= 4 is 22.0 Å². The number of nitrogens with zero attached hydrogens (tertiary/aromatic N) is 1. The Kier molecular flexibility index (Phi) is 7.99. The number of halogens is 2. The topological polar surface area (TPSA) is 41.6 Å². The minimum Gasteiger partial charge on any atom is -0.444 e. The molecule has 0 bridgehead atoms. The molecule has 23 heavy (non-hydrogen) atoms. The van der Waals surface area contributed by atoms with Gasteiger partial charge in [-0.25, -0.2) is 9.18 Å². The Morgan fingerprint density at radius 3 is 2.65 bits per heavy atom. The Labute approximate surface area is 146 Å². The van der Waals surface area contributed by atoms with Gasteiger partial charge in [-0.15, -0.1) is 0 Å². The van der Waals surface area contributed by atoms with Gasteiger partial charge in [-0.1, -0.05) is 22.9 Å². The van der Waals surface area contributed by atoms with E-state index in [9.17, 15) is 9.18 Å². The smallest absolute Gasteiger partial charge is 0.410 e. The number of amides is 1. The number of hydrogen-bond donors (Lipinski definition) is 1. The largest absolute Gasteiger partial charge is 0.444 e. The molecule has 130 valence electrons. The van der Waals surface area contributed by atoms with Gasteiger partial charge in [0, 0.05) is 36.2 Å². The number of nitrogens with one attached hydrogen (secondary N) is 1. The molecule has 1 N–H and O–H groups in total. The first kappa shape index (κ1) is 19.9. The van der Waals surface area contributed by atoms with E-state index in [1.54, 1.807) is 17.0 Å². The predicted octanol–water partition coefficient (Wildman–Crippen LogP) is 4.32. The molecule has 4 nitrogen and oxygen atoms in total. The molecule has 0 aliphatic carbocycles. The molecule has 0 atom stereocenters. The lowest BCUT2D eigenvalue weighted by Crippen LogP contribution is -2.40. The van der Waals surface area contributed by atoms with Crippen LogP contribution in [0.3, 0.4) is 0 Å². The number of hydrogen-bond acceptors (Lipinski definition) is 3. The second-order valence-electron chi connectivity index (χ2n) is 6.38. The van der Waals surface area contributed by atoms with Gasteiger partial charge in [0.1, 0.15) is 11.4 Å². The maximum atomic E-state index is 13.6. The standard InChI is InChI=1S/C17H26BrFN2O2/c1-5-9-21(16(22)23-17(2,3)4)10-8-20-12-13-11-14(18)6-7-15(13)19/h6-7,11,20H,5,8-10,12H2,1-4H3. The summed E-state index contributed by atoms with van der Waals surface area (Å²) in [5.41, 5.74) is 0.0920. The van der Waals surface area contributed by atoms with E-state index in [4.69, 9.17) is 4.74 Å². The first-order chi connectivity index (χ1) is 10.7. The minimum absolute atomic E-state index is 0.238. The van der Waals surface area contributed by atoms with Crippen LogP contribution >= 0.6 is 15.9 Å². The summed E-state index contributed by atoms with van der Waals surface area (Å²) in [6, 6.07) is 4.86. The Balaban J connectivity index is 2.46. The third-order valence-electron chi connectivity index (χ3n) is 3.03. The van der Waals surface area contributed by atoms with Gasteiger partial charge in [0.25, 0.3) is 0 Å². The maximum absolute atomic E-state index is 13.6. The lowest BCUT2D eigenvalue weighted by atomic mass is 10.2. The third-order valence-corrected chi connectivity index (χ3v) is 3.52. The summed E-state index contributed by atoms with van der Waals surface area (Å²) in [5.74, 6) is -0.238. The van der Waals surface area contributed by atoms with E-state index >= 15 is 0 Å². The monoisotopic (exact) mass is 388 g/mol. The number of rotatable bonds is 7. The second-order valence-corrected chi connectivity index (χ2v) is 7.30. The molecule has 1 aromatic rings. The summed E-state index contributed by atoms with van der Waals surface area (Å²) < 4.78 is 19.9. The zero-order valence-electron chi connectivity index (χ0n) is 14.3. The van der Waals surface area contributed by atoms with Crippen molar-refractivity contribution in [1.29, 1.82) is 0 Å². The van der Waals surface area contributed by atoms with Gasteiger partial charge in [0.05, 0.1) is 0 Å². The fourth-order valence-electron chi connectivity index (χ4n) is 2.01. The Morgan fingerprint density at radius 2 is 2.04 bits per heavy atom. The van der Waals surface area contributed by atoms with E-state index in [0.29, 0.717) is 31.7 Å². The number of ether oxygens (including phenoxy) is 1. The van der Waals surface area contributed by atoms with Crippen LogP contribution in [0.1, 0.15) is 39.7 Å².